The third kappa shape index (κ3) is 2.72. The Hall–Kier alpha value is -4.17. The number of hydrogen-bond acceptors (Lipinski definition) is 2. The average Bonchev–Trinajstić information content (AvgIpc) is 3.25. The van der Waals surface area contributed by atoms with Crippen molar-refractivity contribution in [3.05, 3.63) is 103 Å². The van der Waals surface area contributed by atoms with Crippen molar-refractivity contribution in [2.24, 2.45) is 0 Å². The number of nitrogens with zero attached hydrogens (tertiary/aromatic N) is 1. The average molecular weight is 439 g/mol. The van der Waals surface area contributed by atoms with Crippen LogP contribution in [-0.4, -0.2) is 4.98 Å². The molecule has 0 aliphatic rings. The van der Waals surface area contributed by atoms with E-state index in [9.17, 15) is 0 Å². The van der Waals surface area contributed by atoms with E-state index in [2.05, 4.69) is 83.8 Å². The third-order valence-corrected chi connectivity index (χ3v) is 6.97. The molecule has 2 heterocycles. The number of benzene rings is 5. The second-order valence-corrected chi connectivity index (χ2v) is 9.20. The molecule has 0 aliphatic carbocycles. The summed E-state index contributed by atoms with van der Waals surface area (Å²) in [7, 11) is 0. The Morgan fingerprint density at radius 3 is 1.94 bits per heavy atom. The fraction of sp³-hybridized carbons (Fsp3) is 0.0938. The SMILES string of the molecule is [2H]C(C)(C)c1ccnc(-c2cccc3c2oc2cc4c5ccccc5c5ccccc5c4cc23)c1. The van der Waals surface area contributed by atoms with Crippen molar-refractivity contribution in [2.75, 3.05) is 0 Å². The van der Waals surface area contributed by atoms with Crippen molar-refractivity contribution in [3.63, 3.8) is 0 Å². The van der Waals surface area contributed by atoms with Crippen LogP contribution in [0.25, 0.3) is 65.5 Å². The van der Waals surface area contributed by atoms with Gasteiger partial charge in [0.1, 0.15) is 11.2 Å². The molecule has 0 saturated heterocycles. The van der Waals surface area contributed by atoms with Crippen LogP contribution in [0, 0.1) is 0 Å². The minimum atomic E-state index is -0.695. The molecule has 0 spiro atoms. The van der Waals surface area contributed by atoms with E-state index in [0.29, 0.717) is 0 Å². The molecule has 0 atom stereocenters. The molecule has 0 aliphatic heterocycles. The summed E-state index contributed by atoms with van der Waals surface area (Å²) in [5.41, 5.74) is 4.41. The molecule has 2 heteroatoms. The van der Waals surface area contributed by atoms with Crippen LogP contribution in [0.1, 0.15) is 26.7 Å². The molecule has 2 aromatic heterocycles. The lowest BCUT2D eigenvalue weighted by Crippen LogP contribution is -1.90. The smallest absolute Gasteiger partial charge is 0.144 e. The number of para-hydroxylation sites is 1. The normalized spacial score (nSPS) is 12.8. The van der Waals surface area contributed by atoms with Gasteiger partial charge in [-0.25, -0.2) is 0 Å². The maximum atomic E-state index is 8.45. The van der Waals surface area contributed by atoms with Gasteiger partial charge in [0, 0.05) is 23.9 Å². The van der Waals surface area contributed by atoms with Crippen molar-refractivity contribution in [2.45, 2.75) is 19.7 Å². The largest absolute Gasteiger partial charge is 0.455 e. The molecule has 0 fully saturated rings. The second-order valence-electron chi connectivity index (χ2n) is 9.20. The highest BCUT2D eigenvalue weighted by Gasteiger charge is 2.16. The van der Waals surface area contributed by atoms with Crippen LogP contribution in [0.15, 0.2) is 102 Å². The van der Waals surface area contributed by atoms with Gasteiger partial charge in [-0.2, -0.15) is 0 Å². The lowest BCUT2D eigenvalue weighted by molar-refractivity contribution is 0.670. The van der Waals surface area contributed by atoms with Crippen LogP contribution >= 0.6 is 0 Å². The van der Waals surface area contributed by atoms with Gasteiger partial charge in [0.25, 0.3) is 0 Å². The van der Waals surface area contributed by atoms with Crippen molar-refractivity contribution in [1.82, 2.24) is 4.98 Å². The Kier molecular flexibility index (Phi) is 3.85. The first-order valence-electron chi connectivity index (χ1n) is 12.1. The number of pyridine rings is 1. The fourth-order valence-corrected chi connectivity index (χ4v) is 5.29. The molecule has 162 valence electrons. The summed E-state index contributed by atoms with van der Waals surface area (Å²) in [6, 6.07) is 31.9. The molecule has 34 heavy (non-hydrogen) atoms. The quantitative estimate of drug-likeness (QED) is 0.251. The molecular formula is C32H23NO. The summed E-state index contributed by atoms with van der Waals surface area (Å²) in [5.74, 6) is -0.695. The predicted octanol–water partition coefficient (Wildman–Crippen LogP) is 9.23. The Morgan fingerprint density at radius 1 is 0.647 bits per heavy atom. The minimum Gasteiger partial charge on any atom is -0.455 e. The highest BCUT2D eigenvalue weighted by Crippen LogP contribution is 2.41. The van der Waals surface area contributed by atoms with Gasteiger partial charge in [0.2, 0.25) is 0 Å². The number of hydrogen-bond donors (Lipinski definition) is 0. The first-order valence-corrected chi connectivity index (χ1v) is 11.6. The predicted molar refractivity (Wildman–Crippen MR) is 144 cm³/mol. The summed E-state index contributed by atoms with van der Waals surface area (Å²) in [4.78, 5) is 4.64. The number of furan rings is 1. The van der Waals surface area contributed by atoms with Crippen molar-refractivity contribution < 1.29 is 5.79 Å². The maximum absolute atomic E-state index is 8.45. The molecule has 0 saturated carbocycles. The van der Waals surface area contributed by atoms with E-state index in [4.69, 9.17) is 5.79 Å². The van der Waals surface area contributed by atoms with Gasteiger partial charge in [-0.3, -0.25) is 4.98 Å². The van der Waals surface area contributed by atoms with Gasteiger partial charge < -0.3 is 4.42 Å². The lowest BCUT2D eigenvalue weighted by atomic mass is 9.93. The van der Waals surface area contributed by atoms with E-state index in [-0.39, 0.29) is 0 Å². The zero-order valence-corrected chi connectivity index (χ0v) is 19.1. The van der Waals surface area contributed by atoms with Crippen molar-refractivity contribution in [3.8, 4) is 11.3 Å². The fourth-order valence-electron chi connectivity index (χ4n) is 5.29. The summed E-state index contributed by atoms with van der Waals surface area (Å²) >= 11 is 0. The molecule has 7 rings (SSSR count). The summed E-state index contributed by atoms with van der Waals surface area (Å²) in [6.45, 7) is 3.79. The standard InChI is InChI=1S/C32H23NO/c1-19(2)20-14-15-33-30(16-20)26-13-7-12-25-29-17-27-23-10-5-3-8-21(23)22-9-4-6-11-24(22)28(27)18-31(29)34-32(25)26/h3-19H,1-2H3/i19D. The van der Waals surface area contributed by atoms with E-state index in [0.717, 1.165) is 38.8 Å². The van der Waals surface area contributed by atoms with Gasteiger partial charge >= 0.3 is 0 Å². The van der Waals surface area contributed by atoms with Crippen molar-refractivity contribution >= 4 is 54.3 Å². The molecule has 2 nitrogen and oxygen atoms in total. The summed E-state index contributed by atoms with van der Waals surface area (Å²) in [6.07, 6.45) is 1.79. The van der Waals surface area contributed by atoms with Crippen LogP contribution in [0.4, 0.5) is 0 Å². The van der Waals surface area contributed by atoms with Gasteiger partial charge in [0.15, 0.2) is 0 Å². The van der Waals surface area contributed by atoms with Gasteiger partial charge in [-0.15, -0.1) is 0 Å². The first-order chi connectivity index (χ1) is 17.0. The highest BCUT2D eigenvalue weighted by molar-refractivity contribution is 6.28. The molecule has 5 aromatic carbocycles. The van der Waals surface area contributed by atoms with Crippen LogP contribution < -0.4 is 0 Å². The van der Waals surface area contributed by atoms with Crippen LogP contribution in [0.2, 0.25) is 0 Å². The molecule has 7 aromatic rings. The minimum absolute atomic E-state index is 0.695. The Morgan fingerprint density at radius 2 is 1.26 bits per heavy atom. The Labute approximate surface area is 198 Å². The van der Waals surface area contributed by atoms with Gasteiger partial charge in [-0.1, -0.05) is 74.5 Å². The molecule has 0 unspecified atom stereocenters. The van der Waals surface area contributed by atoms with Crippen molar-refractivity contribution in [1.29, 1.82) is 0 Å². The number of rotatable bonds is 2. The summed E-state index contributed by atoms with van der Waals surface area (Å²) in [5, 5.41) is 9.62. The van der Waals surface area contributed by atoms with E-state index < -0.39 is 5.89 Å². The van der Waals surface area contributed by atoms with Crippen LogP contribution in [0.3, 0.4) is 0 Å². The maximum Gasteiger partial charge on any atom is 0.144 e. The van der Waals surface area contributed by atoms with Gasteiger partial charge in [-0.05, 0) is 74.1 Å². The van der Waals surface area contributed by atoms with E-state index in [1.807, 2.05) is 26.0 Å². The Bertz CT molecular complexity index is 1940. The van der Waals surface area contributed by atoms with Gasteiger partial charge in [0.05, 0.1) is 5.69 Å². The second kappa shape index (κ2) is 7.16. The third-order valence-electron chi connectivity index (χ3n) is 6.97. The molecular weight excluding hydrogens is 414 g/mol. The zero-order chi connectivity index (χ0) is 23.7. The van der Waals surface area contributed by atoms with E-state index in [1.54, 1.807) is 6.20 Å². The highest BCUT2D eigenvalue weighted by atomic mass is 16.3. The first kappa shape index (κ1) is 18.3. The number of aromatic nitrogens is 1. The summed E-state index contributed by atoms with van der Waals surface area (Å²) < 4.78 is 15.0. The van der Waals surface area contributed by atoms with E-state index in [1.165, 1.54) is 32.3 Å². The molecule has 0 N–H and O–H groups in total. The molecule has 0 radical (unpaired) electrons. The monoisotopic (exact) mass is 438 g/mol. The Balaban J connectivity index is 1.58. The molecule has 0 bridgehead atoms. The zero-order valence-electron chi connectivity index (χ0n) is 20.1. The topological polar surface area (TPSA) is 26.0 Å². The number of fused-ring (bicyclic) bond motifs is 9. The van der Waals surface area contributed by atoms with E-state index >= 15 is 0 Å². The van der Waals surface area contributed by atoms with Crippen LogP contribution in [-0.2, 0) is 0 Å². The lowest BCUT2D eigenvalue weighted by Gasteiger charge is -2.10. The molecule has 0 amide bonds. The van der Waals surface area contributed by atoms with Crippen LogP contribution in [0.5, 0.6) is 0 Å².